The first-order chi connectivity index (χ1) is 6.75. The molecule has 14 heavy (non-hydrogen) atoms. The maximum atomic E-state index is 10.8. The molecule has 0 radical (unpaired) electrons. The number of carbonyl (C=O) groups is 1. The summed E-state index contributed by atoms with van der Waals surface area (Å²) in [6, 6.07) is 6.86. The molecule has 4 heteroatoms. The lowest BCUT2D eigenvalue weighted by atomic mass is 10.1. The average molecular weight is 193 g/mol. The van der Waals surface area contributed by atoms with Crippen LogP contribution >= 0.6 is 0 Å². The molecule has 1 unspecified atom stereocenters. The lowest BCUT2D eigenvalue weighted by Gasteiger charge is -2.23. The van der Waals surface area contributed by atoms with Gasteiger partial charge in [0.25, 0.3) is 0 Å². The van der Waals surface area contributed by atoms with Crippen molar-refractivity contribution >= 4 is 5.91 Å². The fourth-order valence-corrected chi connectivity index (χ4v) is 1.43. The highest BCUT2D eigenvalue weighted by molar-refractivity contribution is 5.77. The smallest absolute Gasteiger partial charge is 0.246 e. The highest BCUT2D eigenvalue weighted by atomic mass is 16.5. The number of amides is 1. The van der Waals surface area contributed by atoms with Crippen LogP contribution in [0.5, 0.6) is 5.75 Å². The zero-order valence-electron chi connectivity index (χ0n) is 7.56. The Morgan fingerprint density at radius 3 is 3.00 bits per heavy atom. The fraction of sp³-hybridized carbons (Fsp3) is 0.300. The fourth-order valence-electron chi connectivity index (χ4n) is 1.43. The molecule has 2 rings (SSSR count). The third kappa shape index (κ3) is 1.85. The number of rotatable bonds is 1. The van der Waals surface area contributed by atoms with Crippen LogP contribution in [0.25, 0.3) is 0 Å². The van der Waals surface area contributed by atoms with E-state index in [1.165, 1.54) is 0 Å². The first kappa shape index (κ1) is 9.02. The van der Waals surface area contributed by atoms with Crippen LogP contribution in [-0.2, 0) is 9.53 Å². The molecular weight excluding hydrogens is 182 g/mol. The van der Waals surface area contributed by atoms with Gasteiger partial charge in [0.2, 0.25) is 5.91 Å². The van der Waals surface area contributed by atoms with Gasteiger partial charge in [0.05, 0.1) is 0 Å². The summed E-state index contributed by atoms with van der Waals surface area (Å²) in [6.45, 7) is 0.544. The summed E-state index contributed by atoms with van der Waals surface area (Å²) in [5.41, 5.74) is 0.880. The molecule has 0 saturated carbocycles. The molecule has 1 saturated heterocycles. The Balaban J connectivity index is 2.12. The largest absolute Gasteiger partial charge is 0.508 e. The number of hydrogen-bond donors (Lipinski definition) is 2. The van der Waals surface area contributed by atoms with Crippen LogP contribution in [0.4, 0.5) is 0 Å². The first-order valence-corrected chi connectivity index (χ1v) is 4.43. The second-order valence-corrected chi connectivity index (χ2v) is 3.20. The summed E-state index contributed by atoms with van der Waals surface area (Å²) in [4.78, 5) is 10.8. The third-order valence-corrected chi connectivity index (χ3v) is 2.14. The van der Waals surface area contributed by atoms with E-state index in [9.17, 15) is 9.90 Å². The van der Waals surface area contributed by atoms with Gasteiger partial charge in [-0.3, -0.25) is 4.79 Å². The van der Waals surface area contributed by atoms with Crippen molar-refractivity contribution in [2.75, 3.05) is 13.2 Å². The number of carbonyl (C=O) groups excluding carboxylic acids is 1. The highest BCUT2D eigenvalue weighted by Crippen LogP contribution is 2.22. The van der Waals surface area contributed by atoms with Gasteiger partial charge < -0.3 is 15.2 Å². The maximum Gasteiger partial charge on any atom is 0.246 e. The average Bonchev–Trinajstić information content (AvgIpc) is 2.19. The van der Waals surface area contributed by atoms with Crippen molar-refractivity contribution in [3.8, 4) is 5.75 Å². The molecular formula is C10H11NO3. The van der Waals surface area contributed by atoms with Gasteiger partial charge >= 0.3 is 0 Å². The Hall–Kier alpha value is -1.55. The molecule has 74 valence electrons. The summed E-state index contributed by atoms with van der Waals surface area (Å²) in [7, 11) is 0. The van der Waals surface area contributed by atoms with E-state index in [0.29, 0.717) is 6.54 Å². The molecule has 1 amide bonds. The van der Waals surface area contributed by atoms with Crippen molar-refractivity contribution in [2.45, 2.75) is 6.10 Å². The van der Waals surface area contributed by atoms with Crippen molar-refractivity contribution in [1.29, 1.82) is 0 Å². The molecule has 1 fully saturated rings. The van der Waals surface area contributed by atoms with Crippen molar-refractivity contribution in [1.82, 2.24) is 5.32 Å². The van der Waals surface area contributed by atoms with Crippen LogP contribution in [0.3, 0.4) is 0 Å². The van der Waals surface area contributed by atoms with Crippen LogP contribution in [0.15, 0.2) is 24.3 Å². The SMILES string of the molecule is O=C1COC(c2cccc(O)c2)CN1. The molecule has 0 aliphatic carbocycles. The minimum atomic E-state index is -0.153. The normalized spacial score (nSPS) is 21.7. The predicted octanol–water partition coefficient (Wildman–Crippen LogP) is 0.580. The van der Waals surface area contributed by atoms with E-state index in [1.54, 1.807) is 18.2 Å². The Morgan fingerprint density at radius 2 is 2.36 bits per heavy atom. The molecule has 1 aliphatic rings. The number of ether oxygens (including phenoxy) is 1. The van der Waals surface area contributed by atoms with Crippen LogP contribution in [-0.4, -0.2) is 24.2 Å². The minimum Gasteiger partial charge on any atom is -0.508 e. The quantitative estimate of drug-likeness (QED) is 0.685. The molecule has 1 heterocycles. The Labute approximate surface area is 81.5 Å². The molecule has 4 nitrogen and oxygen atoms in total. The van der Waals surface area contributed by atoms with Crippen molar-refractivity contribution in [3.63, 3.8) is 0 Å². The van der Waals surface area contributed by atoms with Crippen LogP contribution in [0.1, 0.15) is 11.7 Å². The zero-order valence-corrected chi connectivity index (χ0v) is 7.56. The monoisotopic (exact) mass is 193 g/mol. The van der Waals surface area contributed by atoms with E-state index in [-0.39, 0.29) is 24.4 Å². The second-order valence-electron chi connectivity index (χ2n) is 3.20. The standard InChI is InChI=1S/C10H11NO3/c12-8-3-1-2-7(4-8)9-5-11-10(13)6-14-9/h1-4,9,12H,5-6H2,(H,11,13). The van der Waals surface area contributed by atoms with Gasteiger partial charge in [0.1, 0.15) is 18.5 Å². The van der Waals surface area contributed by atoms with Crippen LogP contribution in [0.2, 0.25) is 0 Å². The number of phenols is 1. The molecule has 2 N–H and O–H groups in total. The van der Waals surface area contributed by atoms with Gasteiger partial charge in [-0.05, 0) is 17.7 Å². The Kier molecular flexibility index (Phi) is 2.37. The van der Waals surface area contributed by atoms with Gasteiger partial charge in [-0.15, -0.1) is 0 Å². The van der Waals surface area contributed by atoms with Gasteiger partial charge in [-0.25, -0.2) is 0 Å². The van der Waals surface area contributed by atoms with E-state index in [4.69, 9.17) is 4.74 Å². The van der Waals surface area contributed by atoms with E-state index < -0.39 is 0 Å². The number of aromatic hydroxyl groups is 1. The summed E-state index contributed by atoms with van der Waals surface area (Å²) >= 11 is 0. The number of hydrogen-bond acceptors (Lipinski definition) is 3. The second kappa shape index (κ2) is 3.67. The van der Waals surface area contributed by atoms with Gasteiger partial charge in [-0.1, -0.05) is 12.1 Å². The van der Waals surface area contributed by atoms with Gasteiger partial charge in [-0.2, -0.15) is 0 Å². The van der Waals surface area contributed by atoms with Gasteiger partial charge in [0, 0.05) is 6.54 Å². The lowest BCUT2D eigenvalue weighted by molar-refractivity contribution is -0.133. The molecule has 0 spiro atoms. The topological polar surface area (TPSA) is 58.6 Å². The first-order valence-electron chi connectivity index (χ1n) is 4.43. The number of phenolic OH excluding ortho intramolecular Hbond substituents is 1. The van der Waals surface area contributed by atoms with Crippen molar-refractivity contribution in [3.05, 3.63) is 29.8 Å². The van der Waals surface area contributed by atoms with Gasteiger partial charge in [0.15, 0.2) is 0 Å². The Bertz CT molecular complexity index is 341. The Morgan fingerprint density at radius 1 is 1.50 bits per heavy atom. The molecule has 1 atom stereocenters. The van der Waals surface area contributed by atoms with E-state index in [2.05, 4.69) is 5.32 Å². The summed E-state index contributed by atoms with van der Waals surface area (Å²) < 4.78 is 5.31. The van der Waals surface area contributed by atoms with E-state index >= 15 is 0 Å². The van der Waals surface area contributed by atoms with Crippen molar-refractivity contribution in [2.24, 2.45) is 0 Å². The third-order valence-electron chi connectivity index (χ3n) is 2.14. The molecule has 1 aromatic rings. The van der Waals surface area contributed by atoms with Crippen molar-refractivity contribution < 1.29 is 14.6 Å². The highest BCUT2D eigenvalue weighted by Gasteiger charge is 2.19. The lowest BCUT2D eigenvalue weighted by Crippen LogP contribution is -2.38. The molecule has 1 aliphatic heterocycles. The maximum absolute atomic E-state index is 10.8. The molecule has 0 aromatic heterocycles. The number of nitrogens with one attached hydrogen (secondary N) is 1. The summed E-state index contributed by atoms with van der Waals surface area (Å²) in [6.07, 6.45) is -0.153. The van der Waals surface area contributed by atoms with Crippen LogP contribution in [0, 0.1) is 0 Å². The molecule has 0 bridgehead atoms. The number of morpholine rings is 1. The predicted molar refractivity (Wildman–Crippen MR) is 49.8 cm³/mol. The summed E-state index contributed by atoms with van der Waals surface area (Å²) in [5, 5.41) is 12.0. The minimum absolute atomic E-state index is 0.0837. The van der Waals surface area contributed by atoms with Crippen LogP contribution < -0.4 is 5.32 Å². The zero-order chi connectivity index (χ0) is 9.97. The summed E-state index contributed by atoms with van der Waals surface area (Å²) in [5.74, 6) is 0.115. The van der Waals surface area contributed by atoms with E-state index in [1.807, 2.05) is 6.07 Å². The number of benzene rings is 1. The van der Waals surface area contributed by atoms with E-state index in [0.717, 1.165) is 5.56 Å². The molecule has 1 aromatic carbocycles.